The number of aromatic amines is 1. The highest BCUT2D eigenvalue weighted by Crippen LogP contribution is 2.29. The van der Waals surface area contributed by atoms with Crippen LogP contribution in [0.25, 0.3) is 22.0 Å². The zero-order chi connectivity index (χ0) is 19.6. The average Bonchev–Trinajstić information content (AvgIpc) is 3.29. The second kappa shape index (κ2) is 8.81. The molecule has 156 valence electrons. The molecule has 0 unspecified atom stereocenters. The molecule has 1 saturated heterocycles. The summed E-state index contributed by atoms with van der Waals surface area (Å²) in [5.74, 6) is 1.02. The highest BCUT2D eigenvalue weighted by molar-refractivity contribution is 5.92. The van der Waals surface area contributed by atoms with Crippen LogP contribution in [0, 0.1) is 6.92 Å². The minimum Gasteiger partial charge on any atom is -1.00 e. The normalized spacial score (nSPS) is 14.6. The van der Waals surface area contributed by atoms with E-state index in [-0.39, 0.29) is 13.8 Å². The van der Waals surface area contributed by atoms with E-state index in [1.54, 1.807) is 6.33 Å². The van der Waals surface area contributed by atoms with Crippen LogP contribution in [0.4, 0.5) is 5.82 Å². The van der Waals surface area contributed by atoms with Crippen LogP contribution in [-0.2, 0) is 6.54 Å². The van der Waals surface area contributed by atoms with Crippen molar-refractivity contribution in [1.29, 1.82) is 0 Å². The fraction of sp³-hybridized carbons (Fsp3) is 0.261. The maximum Gasteiger partial charge on any atom is 0.139 e. The number of aryl methyl sites for hydroxylation is 1. The maximum atomic E-state index is 4.65. The number of piperazine rings is 1. The Kier molecular flexibility index (Phi) is 5.97. The third kappa shape index (κ3) is 4.15. The van der Waals surface area contributed by atoms with E-state index in [1.165, 1.54) is 11.1 Å². The summed E-state index contributed by atoms with van der Waals surface area (Å²) in [7, 11) is 0. The maximum absolute atomic E-state index is 4.65. The van der Waals surface area contributed by atoms with Crippen molar-refractivity contribution >= 4 is 29.1 Å². The fourth-order valence-corrected chi connectivity index (χ4v) is 4.07. The van der Waals surface area contributed by atoms with Gasteiger partial charge in [-0.25, -0.2) is 9.97 Å². The molecule has 0 atom stereocenters. The third-order valence-electron chi connectivity index (χ3n) is 5.61. The van der Waals surface area contributed by atoms with E-state index < -0.39 is 0 Å². The molecule has 0 aliphatic carbocycles. The Morgan fingerprint density at radius 1 is 1.00 bits per heavy atom. The Morgan fingerprint density at radius 3 is 2.63 bits per heavy atom. The smallest absolute Gasteiger partial charge is 0.139 e. The van der Waals surface area contributed by atoms with Crippen molar-refractivity contribution in [2.45, 2.75) is 13.5 Å². The summed E-state index contributed by atoms with van der Waals surface area (Å²) in [4.78, 5) is 14.0. The van der Waals surface area contributed by atoms with Crippen LogP contribution in [-0.4, -0.2) is 51.2 Å². The molecule has 0 saturated carbocycles. The van der Waals surface area contributed by atoms with Gasteiger partial charge >= 0.3 is 0 Å². The van der Waals surface area contributed by atoms with Gasteiger partial charge in [0.2, 0.25) is 0 Å². The number of halogens is 1. The van der Waals surface area contributed by atoms with Crippen LogP contribution in [0.5, 0.6) is 0 Å². The standard InChI is InChI=1S/C23H24N6.ClH.H/c1-17-3-2-4-18(11-17)15-28-7-9-29(10-8-28)23-21-12-19(20-13-26-27-14-20)5-6-22(21)24-16-25-23;;/h2-6,11-14,16H,7-10,15H2,1H3,(H,26,27);1H;/q;;-1. The number of benzene rings is 2. The monoisotopic (exact) mass is 421 g/mol. The van der Waals surface area contributed by atoms with Gasteiger partial charge in [-0.15, -0.1) is 12.4 Å². The van der Waals surface area contributed by atoms with Gasteiger partial charge in [-0.1, -0.05) is 35.9 Å². The molecule has 3 heterocycles. The number of H-pyrrole nitrogens is 1. The topological polar surface area (TPSA) is 60.9 Å². The van der Waals surface area contributed by atoms with E-state index in [0.717, 1.165) is 60.6 Å². The van der Waals surface area contributed by atoms with Crippen LogP contribution in [0.15, 0.2) is 61.2 Å². The second-order valence-corrected chi connectivity index (χ2v) is 7.67. The number of nitrogens with one attached hydrogen (secondary N) is 1. The zero-order valence-electron chi connectivity index (χ0n) is 18.0. The Bertz CT molecular complexity index is 1130. The summed E-state index contributed by atoms with van der Waals surface area (Å²) < 4.78 is 0. The third-order valence-corrected chi connectivity index (χ3v) is 5.61. The lowest BCUT2D eigenvalue weighted by atomic mass is 10.1. The second-order valence-electron chi connectivity index (χ2n) is 7.67. The number of rotatable bonds is 4. The van der Waals surface area contributed by atoms with Crippen molar-refractivity contribution in [2.75, 3.05) is 31.1 Å². The fourth-order valence-electron chi connectivity index (χ4n) is 4.07. The molecule has 0 radical (unpaired) electrons. The van der Waals surface area contributed by atoms with Gasteiger partial charge in [0.05, 0.1) is 11.7 Å². The number of aromatic nitrogens is 4. The molecule has 1 N–H and O–H groups in total. The van der Waals surface area contributed by atoms with Crippen LogP contribution in [0.2, 0.25) is 0 Å². The van der Waals surface area contributed by atoms with Gasteiger partial charge in [-0.05, 0) is 30.2 Å². The van der Waals surface area contributed by atoms with E-state index in [1.807, 2.05) is 12.4 Å². The molecule has 30 heavy (non-hydrogen) atoms. The first kappa shape index (κ1) is 20.3. The number of anilines is 1. The lowest BCUT2D eigenvalue weighted by molar-refractivity contribution is 0.249. The van der Waals surface area contributed by atoms with Crippen LogP contribution < -0.4 is 4.90 Å². The highest BCUT2D eigenvalue weighted by atomic mass is 35.5. The largest absolute Gasteiger partial charge is 1.00 e. The molecule has 1 fully saturated rings. The Morgan fingerprint density at radius 2 is 1.87 bits per heavy atom. The Labute approximate surface area is 183 Å². The predicted octanol–water partition coefficient (Wildman–Crippen LogP) is 4.18. The van der Waals surface area contributed by atoms with Crippen molar-refractivity contribution in [3.05, 3.63) is 72.3 Å². The summed E-state index contributed by atoms with van der Waals surface area (Å²) >= 11 is 0. The van der Waals surface area contributed by atoms with Crippen molar-refractivity contribution < 1.29 is 1.43 Å². The molecule has 6 nitrogen and oxygen atoms in total. The SMILES string of the molecule is Cc1cccc(CN2CCN(c3ncnc4ccc(-c5cn[nH]c5)cc34)CC2)c1.Cl.[H-]. The van der Waals surface area contributed by atoms with Gasteiger partial charge in [0.1, 0.15) is 12.1 Å². The molecule has 2 aromatic heterocycles. The van der Waals surface area contributed by atoms with E-state index in [0.29, 0.717) is 0 Å². The number of hydrogen-bond donors (Lipinski definition) is 1. The molecule has 1 aliphatic heterocycles. The van der Waals surface area contributed by atoms with Crippen LogP contribution >= 0.6 is 12.4 Å². The molecule has 0 spiro atoms. The first-order valence-electron chi connectivity index (χ1n) is 10.0. The highest BCUT2D eigenvalue weighted by Gasteiger charge is 2.20. The first-order chi connectivity index (χ1) is 14.3. The zero-order valence-corrected chi connectivity index (χ0v) is 17.8. The molecule has 5 rings (SSSR count). The lowest BCUT2D eigenvalue weighted by Gasteiger charge is -2.35. The Balaban J connectivity index is 0.00000136. The minimum atomic E-state index is 0. The van der Waals surface area contributed by atoms with Gasteiger partial charge in [-0.3, -0.25) is 10.00 Å². The number of nitrogens with zero attached hydrogens (tertiary/aromatic N) is 5. The molecule has 0 bridgehead atoms. The van der Waals surface area contributed by atoms with E-state index in [2.05, 4.69) is 79.4 Å². The van der Waals surface area contributed by atoms with Crippen molar-refractivity contribution in [2.24, 2.45) is 0 Å². The lowest BCUT2D eigenvalue weighted by Crippen LogP contribution is -2.46. The van der Waals surface area contributed by atoms with Gasteiger partial charge < -0.3 is 6.33 Å². The number of hydrogen-bond acceptors (Lipinski definition) is 5. The summed E-state index contributed by atoms with van der Waals surface area (Å²) in [5.41, 5.74) is 5.88. The predicted molar refractivity (Wildman–Crippen MR) is 124 cm³/mol. The summed E-state index contributed by atoms with van der Waals surface area (Å²) in [6, 6.07) is 15.1. The summed E-state index contributed by atoms with van der Waals surface area (Å²) in [5, 5.41) is 8.05. The van der Waals surface area contributed by atoms with Gasteiger partial charge in [0.15, 0.2) is 0 Å². The molecule has 1 aliphatic rings. The summed E-state index contributed by atoms with van der Waals surface area (Å²) in [6.45, 7) is 7.15. The molecule has 7 heteroatoms. The molecular weight excluding hydrogens is 396 g/mol. The Hall–Kier alpha value is -2.96. The van der Waals surface area contributed by atoms with Crippen LogP contribution in [0.1, 0.15) is 12.6 Å². The minimum absolute atomic E-state index is 0. The van der Waals surface area contributed by atoms with Crippen LogP contribution in [0.3, 0.4) is 0 Å². The van der Waals surface area contributed by atoms with Crippen molar-refractivity contribution in [3.63, 3.8) is 0 Å². The van der Waals surface area contributed by atoms with E-state index in [9.17, 15) is 0 Å². The average molecular weight is 422 g/mol. The molecule has 2 aromatic carbocycles. The first-order valence-corrected chi connectivity index (χ1v) is 10.0. The quantitative estimate of drug-likeness (QED) is 0.535. The molecule has 4 aromatic rings. The molecule has 0 amide bonds. The van der Waals surface area contributed by atoms with Crippen molar-refractivity contribution in [3.8, 4) is 11.1 Å². The van der Waals surface area contributed by atoms with E-state index in [4.69, 9.17) is 0 Å². The number of fused-ring (bicyclic) bond motifs is 1. The van der Waals surface area contributed by atoms with Gasteiger partial charge in [0, 0.05) is 49.9 Å². The van der Waals surface area contributed by atoms with Crippen molar-refractivity contribution in [1.82, 2.24) is 25.1 Å². The molecular formula is C23H26ClN6-. The van der Waals surface area contributed by atoms with Gasteiger partial charge in [-0.2, -0.15) is 5.10 Å². The van der Waals surface area contributed by atoms with Gasteiger partial charge in [0.25, 0.3) is 0 Å². The van der Waals surface area contributed by atoms with E-state index >= 15 is 0 Å². The summed E-state index contributed by atoms with van der Waals surface area (Å²) in [6.07, 6.45) is 5.43.